The molecule has 1 aromatic heterocycles. The van der Waals surface area contributed by atoms with Gasteiger partial charge in [0.25, 0.3) is 11.5 Å². The number of aromatic nitrogens is 1. The van der Waals surface area contributed by atoms with Crippen LogP contribution in [0.3, 0.4) is 0 Å². The van der Waals surface area contributed by atoms with Crippen LogP contribution in [0.5, 0.6) is 0 Å². The molecule has 1 amide bonds. The number of aliphatic hydroxyl groups is 1. The maximum absolute atomic E-state index is 12.3. The van der Waals surface area contributed by atoms with E-state index >= 15 is 0 Å². The molecule has 0 spiro atoms. The van der Waals surface area contributed by atoms with Crippen molar-refractivity contribution in [1.82, 2.24) is 4.37 Å². The number of rotatable bonds is 7. The largest absolute Gasteiger partial charge is 0.394 e. The van der Waals surface area contributed by atoms with E-state index in [4.69, 9.17) is 10.8 Å². The van der Waals surface area contributed by atoms with Crippen molar-refractivity contribution in [2.24, 2.45) is 10.7 Å². The monoisotopic (exact) mass is 397 g/mol. The summed E-state index contributed by atoms with van der Waals surface area (Å²) in [7, 11) is 0. The van der Waals surface area contributed by atoms with E-state index in [0.717, 1.165) is 11.5 Å². The van der Waals surface area contributed by atoms with Gasteiger partial charge in [-0.15, -0.1) is 0 Å². The second-order valence-electron chi connectivity index (χ2n) is 5.75. The summed E-state index contributed by atoms with van der Waals surface area (Å²) < 4.78 is 2.61. The zero-order valence-electron chi connectivity index (χ0n) is 14.8. The van der Waals surface area contributed by atoms with Crippen LogP contribution in [-0.4, -0.2) is 34.4 Å². The number of nitrogens with one attached hydrogen (secondary N) is 3. The fraction of sp³-hybridized carbons (Fsp3) is 0.105. The van der Waals surface area contributed by atoms with Crippen LogP contribution < -0.4 is 21.9 Å². The Morgan fingerprint density at radius 2 is 1.82 bits per heavy atom. The molecule has 9 heteroatoms. The molecule has 3 aromatic rings. The molecular formula is C19H19N5O3S. The molecule has 0 aliphatic heterocycles. The molecule has 0 aliphatic rings. The SMILES string of the molecule is NC(=NCCO)c1c(Nc2ccc(C(=O)Nc3ccccc3)cc2)s[nH]c1=O. The first-order chi connectivity index (χ1) is 13.6. The van der Waals surface area contributed by atoms with Crippen LogP contribution in [0.15, 0.2) is 64.4 Å². The standard InChI is InChI=1S/C19H19N5O3S/c20-16(21-10-11-25)15-18(27)24-28-19(15)23-14-8-6-12(7-9-14)17(26)22-13-4-2-1-3-5-13/h1-9,23,25H,10-11H2,(H2,20,21)(H,22,26)(H,24,27). The number of anilines is 3. The number of benzene rings is 2. The van der Waals surface area contributed by atoms with Crippen LogP contribution in [0.4, 0.5) is 16.4 Å². The topological polar surface area (TPSA) is 133 Å². The zero-order chi connectivity index (χ0) is 19.9. The first-order valence-electron chi connectivity index (χ1n) is 8.44. The highest BCUT2D eigenvalue weighted by Gasteiger charge is 2.15. The molecule has 144 valence electrons. The number of H-pyrrole nitrogens is 1. The number of carbonyl (C=O) groups excluding carboxylic acids is 1. The van der Waals surface area contributed by atoms with Gasteiger partial charge in [-0.3, -0.25) is 19.0 Å². The number of carbonyl (C=O) groups is 1. The summed E-state index contributed by atoms with van der Waals surface area (Å²) in [5.74, 6) is -0.164. The van der Waals surface area contributed by atoms with Crippen LogP contribution in [0.2, 0.25) is 0 Å². The first kappa shape index (κ1) is 19.3. The maximum Gasteiger partial charge on any atom is 0.271 e. The molecule has 8 nitrogen and oxygen atoms in total. The Bertz CT molecular complexity index is 1030. The normalized spacial score (nSPS) is 11.2. The molecule has 0 atom stereocenters. The Balaban J connectivity index is 1.73. The molecule has 0 saturated carbocycles. The van der Waals surface area contributed by atoms with E-state index < -0.39 is 0 Å². The van der Waals surface area contributed by atoms with Crippen LogP contribution in [0, 0.1) is 0 Å². The van der Waals surface area contributed by atoms with E-state index in [9.17, 15) is 9.59 Å². The van der Waals surface area contributed by atoms with Crippen molar-refractivity contribution in [3.8, 4) is 0 Å². The number of para-hydroxylation sites is 1. The molecule has 0 aliphatic carbocycles. The van der Waals surface area contributed by atoms with E-state index in [1.54, 1.807) is 24.3 Å². The lowest BCUT2D eigenvalue weighted by molar-refractivity contribution is 0.102. The van der Waals surface area contributed by atoms with Crippen LogP contribution >= 0.6 is 11.5 Å². The van der Waals surface area contributed by atoms with Gasteiger partial charge in [-0.05, 0) is 47.9 Å². The van der Waals surface area contributed by atoms with Crippen LogP contribution in [0.1, 0.15) is 15.9 Å². The Morgan fingerprint density at radius 3 is 2.50 bits per heavy atom. The number of amides is 1. The van der Waals surface area contributed by atoms with Crippen molar-refractivity contribution in [2.75, 3.05) is 23.8 Å². The van der Waals surface area contributed by atoms with Gasteiger partial charge in [-0.1, -0.05) is 18.2 Å². The van der Waals surface area contributed by atoms with E-state index in [0.29, 0.717) is 21.9 Å². The fourth-order valence-electron chi connectivity index (χ4n) is 2.43. The molecule has 28 heavy (non-hydrogen) atoms. The number of nitrogens with two attached hydrogens (primary N) is 1. The second kappa shape index (κ2) is 8.98. The number of hydrogen-bond acceptors (Lipinski definition) is 6. The van der Waals surface area contributed by atoms with Crippen LogP contribution in [0.25, 0.3) is 0 Å². The van der Waals surface area contributed by atoms with Gasteiger partial charge in [0, 0.05) is 16.9 Å². The van der Waals surface area contributed by atoms with Crippen molar-refractivity contribution in [3.05, 3.63) is 76.1 Å². The van der Waals surface area contributed by atoms with E-state index in [2.05, 4.69) is 20.0 Å². The molecule has 3 rings (SSSR count). The van der Waals surface area contributed by atoms with Gasteiger partial charge in [-0.2, -0.15) is 0 Å². The quantitative estimate of drug-likeness (QED) is 0.308. The zero-order valence-corrected chi connectivity index (χ0v) is 15.6. The molecule has 2 aromatic carbocycles. The minimum atomic E-state index is -0.356. The first-order valence-corrected chi connectivity index (χ1v) is 9.26. The Morgan fingerprint density at radius 1 is 1.11 bits per heavy atom. The summed E-state index contributed by atoms with van der Waals surface area (Å²) in [6.07, 6.45) is 0. The minimum absolute atomic E-state index is 0.0536. The van der Waals surface area contributed by atoms with Crippen molar-refractivity contribution >= 4 is 39.7 Å². The molecular weight excluding hydrogens is 378 g/mol. The third-order valence-electron chi connectivity index (χ3n) is 3.77. The van der Waals surface area contributed by atoms with Crippen molar-refractivity contribution in [2.45, 2.75) is 0 Å². The average molecular weight is 397 g/mol. The fourth-order valence-corrected chi connectivity index (χ4v) is 3.20. The lowest BCUT2D eigenvalue weighted by atomic mass is 10.2. The summed E-state index contributed by atoms with van der Waals surface area (Å²) in [6.45, 7) is -0.0379. The lowest BCUT2D eigenvalue weighted by Crippen LogP contribution is -2.23. The third-order valence-corrected chi connectivity index (χ3v) is 4.57. The number of nitrogens with zero attached hydrogens (tertiary/aromatic N) is 1. The summed E-state index contributed by atoms with van der Waals surface area (Å²) in [5.41, 5.74) is 7.62. The third kappa shape index (κ3) is 4.64. The molecule has 0 fully saturated rings. The highest BCUT2D eigenvalue weighted by molar-refractivity contribution is 7.10. The average Bonchev–Trinajstić information content (AvgIpc) is 3.07. The molecule has 1 heterocycles. The van der Waals surface area contributed by atoms with Crippen molar-refractivity contribution in [1.29, 1.82) is 0 Å². The van der Waals surface area contributed by atoms with E-state index in [1.165, 1.54) is 0 Å². The number of aromatic amines is 1. The summed E-state index contributed by atoms with van der Waals surface area (Å²) >= 11 is 1.09. The summed E-state index contributed by atoms with van der Waals surface area (Å²) in [4.78, 5) is 28.3. The van der Waals surface area contributed by atoms with Gasteiger partial charge < -0.3 is 21.5 Å². The van der Waals surface area contributed by atoms with Gasteiger partial charge in [-0.25, -0.2) is 0 Å². The van der Waals surface area contributed by atoms with Gasteiger partial charge in [0.2, 0.25) is 0 Å². The predicted octanol–water partition coefficient (Wildman–Crippen LogP) is 2.13. The Kier molecular flexibility index (Phi) is 6.20. The van der Waals surface area contributed by atoms with Gasteiger partial charge in [0.15, 0.2) is 0 Å². The minimum Gasteiger partial charge on any atom is -0.394 e. The highest BCUT2D eigenvalue weighted by Crippen LogP contribution is 2.23. The Labute approximate surface area is 164 Å². The smallest absolute Gasteiger partial charge is 0.271 e. The molecule has 0 bridgehead atoms. The summed E-state index contributed by atoms with van der Waals surface area (Å²) in [5, 5.41) is 15.3. The molecule has 0 saturated heterocycles. The van der Waals surface area contributed by atoms with E-state index in [1.807, 2.05) is 30.3 Å². The molecule has 0 radical (unpaired) electrons. The number of hydrogen-bond donors (Lipinski definition) is 5. The van der Waals surface area contributed by atoms with Gasteiger partial charge in [0.05, 0.1) is 13.2 Å². The van der Waals surface area contributed by atoms with Gasteiger partial charge >= 0.3 is 0 Å². The predicted molar refractivity (Wildman–Crippen MR) is 112 cm³/mol. The van der Waals surface area contributed by atoms with Gasteiger partial charge in [0.1, 0.15) is 16.4 Å². The Hall–Kier alpha value is -3.43. The lowest BCUT2D eigenvalue weighted by Gasteiger charge is -2.08. The molecule has 0 unspecified atom stereocenters. The second-order valence-corrected chi connectivity index (χ2v) is 6.57. The number of aliphatic hydroxyl groups excluding tert-OH is 1. The molecule has 6 N–H and O–H groups in total. The van der Waals surface area contributed by atoms with Crippen molar-refractivity contribution in [3.63, 3.8) is 0 Å². The number of aliphatic imine (C=N–C) groups is 1. The van der Waals surface area contributed by atoms with E-state index in [-0.39, 0.29) is 36.0 Å². The van der Waals surface area contributed by atoms with Crippen molar-refractivity contribution < 1.29 is 9.90 Å². The highest BCUT2D eigenvalue weighted by atomic mass is 32.1. The summed E-state index contributed by atoms with van der Waals surface area (Å²) in [6, 6.07) is 16.0. The maximum atomic E-state index is 12.3. The number of amidine groups is 1. The van der Waals surface area contributed by atoms with Crippen LogP contribution in [-0.2, 0) is 0 Å².